The van der Waals surface area contributed by atoms with E-state index < -0.39 is 48.9 Å². The van der Waals surface area contributed by atoms with E-state index in [9.17, 15) is 19.5 Å². The van der Waals surface area contributed by atoms with E-state index >= 15 is 0 Å². The highest BCUT2D eigenvalue weighted by atomic mass is 16.8. The summed E-state index contributed by atoms with van der Waals surface area (Å²) >= 11 is 0. The number of aromatic carboxylic acids is 1. The first-order chi connectivity index (χ1) is 20.9. The van der Waals surface area contributed by atoms with Gasteiger partial charge in [0.05, 0.1) is 31.8 Å². The quantitative estimate of drug-likeness (QED) is 0.299. The van der Waals surface area contributed by atoms with Gasteiger partial charge in [-0.15, -0.1) is 0 Å². The van der Waals surface area contributed by atoms with Crippen LogP contribution in [0.4, 0.5) is 0 Å². The highest BCUT2D eigenvalue weighted by Gasteiger charge is 2.53. The van der Waals surface area contributed by atoms with Crippen LogP contribution in [-0.2, 0) is 51.2 Å². The van der Waals surface area contributed by atoms with Gasteiger partial charge in [0, 0.05) is 12.0 Å². The van der Waals surface area contributed by atoms with Gasteiger partial charge in [0.15, 0.2) is 18.7 Å². The molecule has 43 heavy (non-hydrogen) atoms. The van der Waals surface area contributed by atoms with Crippen molar-refractivity contribution in [2.75, 3.05) is 6.61 Å². The number of fused-ring (bicyclic) bond motifs is 1. The zero-order valence-electron chi connectivity index (χ0n) is 23.7. The molecule has 10 heteroatoms. The van der Waals surface area contributed by atoms with Crippen LogP contribution >= 0.6 is 0 Å². The van der Waals surface area contributed by atoms with E-state index in [1.54, 1.807) is 18.2 Å². The summed E-state index contributed by atoms with van der Waals surface area (Å²) in [6.45, 7) is 1.60. The molecule has 0 unspecified atom stereocenters. The third kappa shape index (κ3) is 7.92. The van der Waals surface area contributed by atoms with Gasteiger partial charge >= 0.3 is 11.9 Å². The first-order valence-corrected chi connectivity index (χ1v) is 14.1. The lowest BCUT2D eigenvalue weighted by Gasteiger charge is -2.48. The molecule has 6 atom stereocenters. The lowest BCUT2D eigenvalue weighted by atomic mass is 9.97. The Balaban J connectivity index is 1.43. The van der Waals surface area contributed by atoms with Crippen LogP contribution in [0.15, 0.2) is 84.9 Å². The molecule has 0 aliphatic carbocycles. The molecule has 10 nitrogen and oxygen atoms in total. The lowest BCUT2D eigenvalue weighted by molar-refractivity contribution is -0.369. The van der Waals surface area contributed by atoms with Crippen molar-refractivity contribution >= 4 is 17.7 Å². The Morgan fingerprint density at radius 3 is 2.23 bits per heavy atom. The summed E-state index contributed by atoms with van der Waals surface area (Å²) < 4.78 is 37.1. The van der Waals surface area contributed by atoms with Crippen LogP contribution in [0.2, 0.25) is 0 Å². The average Bonchev–Trinajstić information content (AvgIpc) is 3.03. The van der Waals surface area contributed by atoms with E-state index in [1.165, 1.54) is 13.0 Å². The van der Waals surface area contributed by atoms with E-state index in [4.69, 9.17) is 28.4 Å². The molecule has 0 amide bonds. The molecule has 0 spiro atoms. The second-order valence-corrected chi connectivity index (χ2v) is 10.4. The van der Waals surface area contributed by atoms with Crippen LogP contribution in [0.3, 0.4) is 0 Å². The number of hydrogen-bond acceptors (Lipinski definition) is 9. The number of carboxylic acids is 1. The second kappa shape index (κ2) is 14.5. The largest absolute Gasteiger partial charge is 0.478 e. The van der Waals surface area contributed by atoms with Gasteiger partial charge in [0.2, 0.25) is 0 Å². The number of hydrogen-bond donors (Lipinski definition) is 1. The Kier molecular flexibility index (Phi) is 10.3. The fourth-order valence-corrected chi connectivity index (χ4v) is 5.06. The normalized spacial score (nSPS) is 25.0. The molecule has 3 aromatic carbocycles. The first-order valence-electron chi connectivity index (χ1n) is 14.1. The fourth-order valence-electron chi connectivity index (χ4n) is 5.06. The molecule has 2 aliphatic rings. The maximum Gasteiger partial charge on any atom is 0.336 e. The smallest absolute Gasteiger partial charge is 0.336 e. The Labute approximate surface area is 249 Å². The minimum absolute atomic E-state index is 0.0198. The van der Waals surface area contributed by atoms with Gasteiger partial charge in [-0.3, -0.25) is 4.79 Å². The maximum atomic E-state index is 13.0. The number of carbonyl (C=O) groups is 3. The number of rotatable bonds is 12. The topological polar surface area (TPSA) is 127 Å². The molecular formula is C33H34O10. The molecule has 0 saturated carbocycles. The van der Waals surface area contributed by atoms with Gasteiger partial charge in [0.25, 0.3) is 0 Å². The molecule has 2 saturated heterocycles. The Morgan fingerprint density at radius 1 is 0.814 bits per heavy atom. The molecule has 0 aromatic heterocycles. The predicted molar refractivity (Wildman–Crippen MR) is 152 cm³/mol. The minimum Gasteiger partial charge on any atom is -0.478 e. The Morgan fingerprint density at radius 2 is 1.51 bits per heavy atom. The van der Waals surface area contributed by atoms with Crippen LogP contribution in [-0.4, -0.2) is 60.1 Å². The number of carbonyl (C=O) groups excluding carboxylic acids is 2. The highest BCUT2D eigenvalue weighted by Crippen LogP contribution is 2.37. The van der Waals surface area contributed by atoms with E-state index in [0.717, 1.165) is 11.1 Å². The summed E-state index contributed by atoms with van der Waals surface area (Å²) in [4.78, 5) is 36.3. The van der Waals surface area contributed by atoms with Crippen LogP contribution in [0, 0.1) is 0 Å². The van der Waals surface area contributed by atoms with Crippen LogP contribution < -0.4 is 0 Å². The monoisotopic (exact) mass is 590 g/mol. The van der Waals surface area contributed by atoms with Crippen molar-refractivity contribution in [3.05, 3.63) is 107 Å². The summed E-state index contributed by atoms with van der Waals surface area (Å²) in [6.07, 6.45) is -5.27. The zero-order valence-corrected chi connectivity index (χ0v) is 23.7. The van der Waals surface area contributed by atoms with Crippen molar-refractivity contribution in [3.8, 4) is 0 Å². The Bertz CT molecular complexity index is 1380. The molecule has 2 fully saturated rings. The molecular weight excluding hydrogens is 556 g/mol. The van der Waals surface area contributed by atoms with Crippen molar-refractivity contribution in [1.82, 2.24) is 0 Å². The van der Waals surface area contributed by atoms with Gasteiger partial charge in [0.1, 0.15) is 24.1 Å². The van der Waals surface area contributed by atoms with Crippen molar-refractivity contribution < 1.29 is 47.9 Å². The van der Waals surface area contributed by atoms with Crippen molar-refractivity contribution in [1.29, 1.82) is 0 Å². The molecule has 2 heterocycles. The van der Waals surface area contributed by atoms with Crippen LogP contribution in [0.25, 0.3) is 0 Å². The van der Waals surface area contributed by atoms with Gasteiger partial charge in [-0.2, -0.15) is 0 Å². The third-order valence-electron chi connectivity index (χ3n) is 7.24. The number of carboxylic acid groups (broad SMARTS) is 1. The SMILES string of the molecule is CC(=O)CCC(=O)O[C@@H]1[C@@H](OCc2ccccc2C(=O)O)O[C@@H]2CO[C@@H](c3ccccc3)O[C@H]2[C@@H]1OCc1ccccc1. The zero-order chi connectivity index (χ0) is 30.2. The van der Waals surface area contributed by atoms with Crippen molar-refractivity contribution in [3.63, 3.8) is 0 Å². The summed E-state index contributed by atoms with van der Waals surface area (Å²) in [5, 5.41) is 9.63. The number of ketones is 1. The Hall–Kier alpha value is -3.93. The summed E-state index contributed by atoms with van der Waals surface area (Å²) in [5.41, 5.74) is 2.20. The number of esters is 1. The fraction of sp³-hybridized carbons (Fsp3) is 0.364. The van der Waals surface area contributed by atoms with E-state index in [0.29, 0.717) is 5.56 Å². The van der Waals surface area contributed by atoms with E-state index in [1.807, 2.05) is 60.7 Å². The van der Waals surface area contributed by atoms with Gasteiger partial charge in [-0.1, -0.05) is 78.9 Å². The maximum absolute atomic E-state index is 13.0. The van der Waals surface area contributed by atoms with E-state index in [-0.39, 0.29) is 44.0 Å². The lowest BCUT2D eigenvalue weighted by Crippen LogP contribution is -2.64. The van der Waals surface area contributed by atoms with Crippen LogP contribution in [0.5, 0.6) is 0 Å². The second-order valence-electron chi connectivity index (χ2n) is 10.4. The summed E-state index contributed by atoms with van der Waals surface area (Å²) in [5.74, 6) is -1.87. The third-order valence-corrected chi connectivity index (χ3v) is 7.24. The molecule has 0 radical (unpaired) electrons. The highest BCUT2D eigenvalue weighted by molar-refractivity contribution is 5.89. The molecule has 0 bridgehead atoms. The molecule has 2 aliphatic heterocycles. The first kappa shape index (κ1) is 30.5. The van der Waals surface area contributed by atoms with Crippen LogP contribution in [0.1, 0.15) is 53.1 Å². The number of ether oxygens (including phenoxy) is 6. The van der Waals surface area contributed by atoms with Gasteiger partial charge in [-0.05, 0) is 24.1 Å². The number of Topliss-reactive ketones (excluding diaryl/α,β-unsaturated/α-hetero) is 1. The summed E-state index contributed by atoms with van der Waals surface area (Å²) in [6, 6.07) is 25.4. The van der Waals surface area contributed by atoms with Gasteiger partial charge in [-0.25, -0.2) is 4.79 Å². The molecule has 3 aromatic rings. The van der Waals surface area contributed by atoms with Gasteiger partial charge < -0.3 is 38.3 Å². The number of benzene rings is 3. The standard InChI is InChI=1S/C33H34O10/c1-21(34)16-17-27(35)42-30-29(38-18-22-10-4-2-5-11-22)28-26(20-40-32(43-28)23-12-6-3-7-13-23)41-33(30)39-19-24-14-8-9-15-25(24)31(36)37/h2-15,26,28-30,32-33H,16-20H2,1H3,(H,36,37)/t26-,28-,29+,30+,32-,33+/m1/s1. The minimum atomic E-state index is -1.15. The molecule has 5 rings (SSSR count). The van der Waals surface area contributed by atoms with Crippen molar-refractivity contribution in [2.24, 2.45) is 0 Å². The average molecular weight is 591 g/mol. The summed E-state index contributed by atoms with van der Waals surface area (Å²) in [7, 11) is 0. The van der Waals surface area contributed by atoms with Crippen molar-refractivity contribution in [2.45, 2.75) is 70.0 Å². The molecule has 226 valence electrons. The predicted octanol–water partition coefficient (Wildman–Crippen LogP) is 4.61. The molecule has 1 N–H and O–H groups in total. The van der Waals surface area contributed by atoms with E-state index in [2.05, 4.69) is 0 Å².